The number of anilines is 1. The number of benzene rings is 1. The van der Waals surface area contributed by atoms with Gasteiger partial charge < -0.3 is 15.2 Å². The highest BCUT2D eigenvalue weighted by Gasteiger charge is 2.10. The first-order valence-electron chi connectivity index (χ1n) is 5.83. The second-order valence-corrected chi connectivity index (χ2v) is 3.84. The summed E-state index contributed by atoms with van der Waals surface area (Å²) in [5.74, 6) is 1.67. The molecule has 0 aliphatic rings. The van der Waals surface area contributed by atoms with E-state index in [1.54, 1.807) is 18.3 Å². The van der Waals surface area contributed by atoms with E-state index in [9.17, 15) is 0 Å². The fourth-order valence-electron chi connectivity index (χ4n) is 1.63. The third-order valence-corrected chi connectivity index (χ3v) is 2.48. The highest BCUT2D eigenvalue weighted by atomic mass is 16.5. The van der Waals surface area contributed by atoms with Crippen LogP contribution in [0.2, 0.25) is 0 Å². The van der Waals surface area contributed by atoms with Crippen LogP contribution in [0.3, 0.4) is 0 Å². The zero-order valence-electron chi connectivity index (χ0n) is 10.5. The molecule has 0 aliphatic heterocycles. The minimum atomic E-state index is 0.431. The number of para-hydroxylation sites is 1. The molecule has 94 valence electrons. The van der Waals surface area contributed by atoms with Crippen molar-refractivity contribution in [3.63, 3.8) is 0 Å². The molecule has 0 unspecified atom stereocenters. The van der Waals surface area contributed by atoms with Crippen molar-refractivity contribution >= 4 is 5.69 Å². The number of hydrogen-bond acceptors (Lipinski definition) is 4. The van der Waals surface area contributed by atoms with Gasteiger partial charge in [-0.05, 0) is 37.6 Å². The van der Waals surface area contributed by atoms with Gasteiger partial charge in [-0.1, -0.05) is 12.1 Å². The normalized spacial score (nSPS) is 10.1. The van der Waals surface area contributed by atoms with Gasteiger partial charge in [0.25, 0.3) is 5.88 Å². The topological polar surface area (TPSA) is 57.4 Å². The van der Waals surface area contributed by atoms with Crippen molar-refractivity contribution in [2.24, 2.45) is 0 Å². The van der Waals surface area contributed by atoms with Gasteiger partial charge in [-0.15, -0.1) is 0 Å². The fraction of sp³-hybridized carbons (Fsp3) is 0.214. The lowest BCUT2D eigenvalue weighted by molar-refractivity contribution is 0.316. The van der Waals surface area contributed by atoms with E-state index in [1.807, 2.05) is 32.0 Å². The number of hydrogen-bond donors (Lipinski definition) is 1. The minimum Gasteiger partial charge on any atom is -0.488 e. The van der Waals surface area contributed by atoms with Crippen molar-refractivity contribution in [1.82, 2.24) is 4.98 Å². The monoisotopic (exact) mass is 244 g/mol. The second-order valence-electron chi connectivity index (χ2n) is 3.84. The van der Waals surface area contributed by atoms with E-state index in [0.717, 1.165) is 5.56 Å². The van der Waals surface area contributed by atoms with E-state index >= 15 is 0 Å². The summed E-state index contributed by atoms with van der Waals surface area (Å²) >= 11 is 0. The molecule has 0 aliphatic carbocycles. The van der Waals surface area contributed by atoms with Crippen LogP contribution in [0.1, 0.15) is 12.5 Å². The van der Waals surface area contributed by atoms with E-state index in [4.69, 9.17) is 15.2 Å². The van der Waals surface area contributed by atoms with Gasteiger partial charge in [0.05, 0.1) is 12.3 Å². The Kier molecular flexibility index (Phi) is 3.67. The van der Waals surface area contributed by atoms with Crippen molar-refractivity contribution in [2.45, 2.75) is 13.8 Å². The average Bonchev–Trinajstić information content (AvgIpc) is 2.36. The molecule has 1 heterocycles. The highest BCUT2D eigenvalue weighted by Crippen LogP contribution is 2.34. The summed E-state index contributed by atoms with van der Waals surface area (Å²) in [6.07, 6.45) is 1.66. The van der Waals surface area contributed by atoms with Crippen LogP contribution in [0.4, 0.5) is 5.69 Å². The Balaban J connectivity index is 2.34. The Morgan fingerprint density at radius 3 is 2.78 bits per heavy atom. The number of pyridine rings is 1. The van der Waals surface area contributed by atoms with Crippen molar-refractivity contribution in [1.29, 1.82) is 0 Å². The van der Waals surface area contributed by atoms with Gasteiger partial charge in [0.2, 0.25) is 0 Å². The molecule has 2 aromatic rings. The second kappa shape index (κ2) is 5.40. The molecule has 0 fully saturated rings. The number of aryl methyl sites for hydroxylation is 1. The highest BCUT2D eigenvalue weighted by molar-refractivity contribution is 5.58. The van der Waals surface area contributed by atoms with Gasteiger partial charge in [0.15, 0.2) is 11.5 Å². The van der Waals surface area contributed by atoms with Crippen LogP contribution in [0, 0.1) is 6.92 Å². The van der Waals surface area contributed by atoms with E-state index < -0.39 is 0 Å². The molecule has 4 heteroatoms. The molecule has 0 radical (unpaired) electrons. The molecule has 18 heavy (non-hydrogen) atoms. The van der Waals surface area contributed by atoms with Crippen LogP contribution in [0.15, 0.2) is 36.5 Å². The predicted molar refractivity (Wildman–Crippen MR) is 71.1 cm³/mol. The molecule has 2 N–H and O–H groups in total. The molecular formula is C14H16N2O2. The van der Waals surface area contributed by atoms with E-state index in [-0.39, 0.29) is 0 Å². The summed E-state index contributed by atoms with van der Waals surface area (Å²) in [4.78, 5) is 4.17. The van der Waals surface area contributed by atoms with Gasteiger partial charge in [-0.3, -0.25) is 0 Å². The van der Waals surface area contributed by atoms with E-state index in [0.29, 0.717) is 29.7 Å². The molecule has 4 nitrogen and oxygen atoms in total. The number of nitrogens with two attached hydrogens (primary N) is 1. The summed E-state index contributed by atoms with van der Waals surface area (Å²) in [7, 11) is 0. The maximum atomic E-state index is 5.90. The first kappa shape index (κ1) is 12.2. The van der Waals surface area contributed by atoms with Crippen LogP contribution >= 0.6 is 0 Å². The van der Waals surface area contributed by atoms with Crippen LogP contribution < -0.4 is 15.2 Å². The lowest BCUT2D eigenvalue weighted by Gasteiger charge is -2.13. The van der Waals surface area contributed by atoms with Gasteiger partial charge >= 0.3 is 0 Å². The van der Waals surface area contributed by atoms with Crippen molar-refractivity contribution < 1.29 is 9.47 Å². The first-order valence-corrected chi connectivity index (χ1v) is 5.83. The molecule has 0 bridgehead atoms. The number of nitrogens with zero attached hydrogens (tertiary/aromatic N) is 1. The number of aromatic nitrogens is 1. The van der Waals surface area contributed by atoms with Crippen LogP contribution in [-0.4, -0.2) is 11.6 Å². The summed E-state index contributed by atoms with van der Waals surface area (Å²) in [6.45, 7) is 4.42. The number of nitrogen functional groups attached to an aromatic ring is 1. The molecule has 0 saturated heterocycles. The van der Waals surface area contributed by atoms with Gasteiger partial charge in [0, 0.05) is 6.20 Å². The summed E-state index contributed by atoms with van der Waals surface area (Å²) in [6, 6.07) is 9.25. The molecule has 0 spiro atoms. The van der Waals surface area contributed by atoms with Crippen molar-refractivity contribution in [3.05, 3.63) is 42.1 Å². The van der Waals surface area contributed by atoms with Crippen LogP contribution in [-0.2, 0) is 0 Å². The van der Waals surface area contributed by atoms with Crippen molar-refractivity contribution in [3.8, 4) is 17.4 Å². The van der Waals surface area contributed by atoms with E-state index in [2.05, 4.69) is 4.98 Å². The standard InChI is InChI=1S/C14H16N2O2/c1-3-17-12-8-5-9-16-14(12)18-13-10(2)6-4-7-11(13)15/h4-9H,3,15H2,1-2H3. The molecular weight excluding hydrogens is 228 g/mol. The maximum Gasteiger partial charge on any atom is 0.262 e. The molecule has 1 aromatic heterocycles. The summed E-state index contributed by atoms with van der Waals surface area (Å²) < 4.78 is 11.2. The fourth-order valence-corrected chi connectivity index (χ4v) is 1.63. The zero-order valence-corrected chi connectivity index (χ0v) is 10.5. The van der Waals surface area contributed by atoms with Crippen molar-refractivity contribution in [2.75, 3.05) is 12.3 Å². The molecule has 0 amide bonds. The smallest absolute Gasteiger partial charge is 0.262 e. The third-order valence-electron chi connectivity index (χ3n) is 2.48. The van der Waals surface area contributed by atoms with Gasteiger partial charge in [-0.25, -0.2) is 4.98 Å². The Bertz CT molecular complexity index is 521. The Morgan fingerprint density at radius 2 is 2.06 bits per heavy atom. The predicted octanol–water partition coefficient (Wildman–Crippen LogP) is 3.16. The quantitative estimate of drug-likeness (QED) is 0.839. The Morgan fingerprint density at radius 1 is 1.22 bits per heavy atom. The number of ether oxygens (including phenoxy) is 2. The molecule has 2 rings (SSSR count). The lowest BCUT2D eigenvalue weighted by Crippen LogP contribution is -1.99. The minimum absolute atomic E-state index is 0.431. The third kappa shape index (κ3) is 2.53. The van der Waals surface area contributed by atoms with E-state index in [1.165, 1.54) is 0 Å². The molecule has 0 atom stereocenters. The summed E-state index contributed by atoms with van der Waals surface area (Å²) in [5, 5.41) is 0. The average molecular weight is 244 g/mol. The molecule has 1 aromatic carbocycles. The lowest BCUT2D eigenvalue weighted by atomic mass is 10.2. The summed E-state index contributed by atoms with van der Waals surface area (Å²) in [5.41, 5.74) is 7.45. The Hall–Kier alpha value is -2.23. The zero-order chi connectivity index (χ0) is 13.0. The Labute approximate surface area is 106 Å². The van der Waals surface area contributed by atoms with Gasteiger partial charge in [0.1, 0.15) is 0 Å². The van der Waals surface area contributed by atoms with Gasteiger partial charge in [-0.2, -0.15) is 0 Å². The largest absolute Gasteiger partial charge is 0.488 e. The first-order chi connectivity index (χ1) is 8.72. The SMILES string of the molecule is CCOc1cccnc1Oc1c(C)cccc1N. The van der Waals surface area contributed by atoms with Crippen LogP contribution in [0.5, 0.6) is 17.4 Å². The molecule has 0 saturated carbocycles. The van der Waals surface area contributed by atoms with Crippen LogP contribution in [0.25, 0.3) is 0 Å². The maximum absolute atomic E-state index is 5.90. The number of rotatable bonds is 4.